The number of aryl methyl sites for hydroxylation is 2. The van der Waals surface area contributed by atoms with Crippen LogP contribution < -0.4 is 15.0 Å². The summed E-state index contributed by atoms with van der Waals surface area (Å²) < 4.78 is 12.4. The molecule has 0 amide bonds. The summed E-state index contributed by atoms with van der Waals surface area (Å²) in [6.07, 6.45) is 7.48. The van der Waals surface area contributed by atoms with Gasteiger partial charge in [0.15, 0.2) is 11.5 Å². The summed E-state index contributed by atoms with van der Waals surface area (Å²) >= 11 is 1.65. The first-order chi connectivity index (χ1) is 12.8. The highest BCUT2D eigenvalue weighted by Gasteiger charge is 2.19. The van der Waals surface area contributed by atoms with Gasteiger partial charge in [-0.15, -0.1) is 11.3 Å². The fourth-order valence-corrected chi connectivity index (χ4v) is 4.71. The van der Waals surface area contributed by atoms with Gasteiger partial charge in [0.25, 0.3) is 5.56 Å². The third-order valence-corrected chi connectivity index (χ3v) is 5.96. The van der Waals surface area contributed by atoms with Gasteiger partial charge in [0.2, 0.25) is 0 Å². The minimum Gasteiger partial charge on any atom is -0.486 e. The van der Waals surface area contributed by atoms with Crippen molar-refractivity contribution in [3.05, 3.63) is 50.9 Å². The van der Waals surface area contributed by atoms with Crippen LogP contribution in [-0.2, 0) is 12.8 Å². The van der Waals surface area contributed by atoms with Crippen molar-refractivity contribution in [1.29, 1.82) is 0 Å². The molecule has 2 aliphatic rings. The van der Waals surface area contributed by atoms with E-state index >= 15 is 0 Å². The van der Waals surface area contributed by atoms with E-state index in [1.54, 1.807) is 17.6 Å². The lowest BCUT2D eigenvalue weighted by molar-refractivity contribution is 0.171. The molecule has 0 saturated carbocycles. The van der Waals surface area contributed by atoms with Crippen LogP contribution in [0.3, 0.4) is 0 Å². The third-order valence-electron chi connectivity index (χ3n) is 4.76. The van der Waals surface area contributed by atoms with Gasteiger partial charge in [0.1, 0.15) is 24.4 Å². The molecule has 2 aromatic heterocycles. The largest absolute Gasteiger partial charge is 0.486 e. The second-order valence-corrected chi connectivity index (χ2v) is 7.52. The molecule has 132 valence electrons. The van der Waals surface area contributed by atoms with Gasteiger partial charge < -0.3 is 9.47 Å². The number of ether oxygens (including phenoxy) is 2. The van der Waals surface area contributed by atoms with Crippen LogP contribution in [0.15, 0.2) is 34.4 Å². The lowest BCUT2D eigenvalue weighted by Gasteiger charge is -2.18. The van der Waals surface area contributed by atoms with Crippen molar-refractivity contribution in [3.8, 4) is 11.5 Å². The Hall–Kier alpha value is -2.67. The van der Waals surface area contributed by atoms with Crippen LogP contribution in [0, 0.1) is 0 Å². The van der Waals surface area contributed by atoms with E-state index in [-0.39, 0.29) is 5.56 Å². The lowest BCUT2D eigenvalue weighted by Crippen LogP contribution is -2.18. The Bertz CT molecular complexity index is 1080. The Kier molecular flexibility index (Phi) is 3.74. The minimum absolute atomic E-state index is 0.0943. The van der Waals surface area contributed by atoms with E-state index in [0.29, 0.717) is 19.0 Å². The fraction of sp³-hybridized carbons (Fsp3) is 0.316. The highest BCUT2D eigenvalue weighted by atomic mass is 32.1. The summed E-state index contributed by atoms with van der Waals surface area (Å²) in [4.78, 5) is 19.5. The van der Waals surface area contributed by atoms with Crippen molar-refractivity contribution in [2.24, 2.45) is 5.10 Å². The van der Waals surface area contributed by atoms with Crippen LogP contribution in [-0.4, -0.2) is 29.1 Å². The summed E-state index contributed by atoms with van der Waals surface area (Å²) in [7, 11) is 0. The predicted molar refractivity (Wildman–Crippen MR) is 101 cm³/mol. The molecule has 3 heterocycles. The molecular weight excluding hydrogens is 350 g/mol. The summed E-state index contributed by atoms with van der Waals surface area (Å²) in [6.45, 7) is 1.10. The third kappa shape index (κ3) is 2.59. The molecule has 0 spiro atoms. The number of rotatable bonds is 2. The quantitative estimate of drug-likeness (QED) is 0.653. The zero-order valence-electron chi connectivity index (χ0n) is 14.1. The van der Waals surface area contributed by atoms with Crippen LogP contribution in [0.5, 0.6) is 11.5 Å². The van der Waals surface area contributed by atoms with E-state index in [4.69, 9.17) is 9.47 Å². The van der Waals surface area contributed by atoms with Crippen molar-refractivity contribution < 1.29 is 9.47 Å². The minimum atomic E-state index is -0.0943. The molecule has 0 atom stereocenters. The Morgan fingerprint density at radius 3 is 2.92 bits per heavy atom. The van der Waals surface area contributed by atoms with E-state index in [0.717, 1.165) is 40.8 Å². The number of hydrogen-bond donors (Lipinski definition) is 0. The normalized spacial score (nSPS) is 16.2. The van der Waals surface area contributed by atoms with E-state index in [9.17, 15) is 4.79 Å². The Labute approximate surface area is 153 Å². The van der Waals surface area contributed by atoms with Crippen molar-refractivity contribution in [2.75, 3.05) is 13.2 Å². The van der Waals surface area contributed by atoms with Gasteiger partial charge in [0, 0.05) is 4.88 Å². The molecule has 1 aromatic carbocycles. The van der Waals surface area contributed by atoms with Gasteiger partial charge in [-0.2, -0.15) is 9.78 Å². The maximum absolute atomic E-state index is 12.9. The number of fused-ring (bicyclic) bond motifs is 4. The average molecular weight is 367 g/mol. The van der Waals surface area contributed by atoms with Gasteiger partial charge >= 0.3 is 0 Å². The van der Waals surface area contributed by atoms with Crippen LogP contribution in [0.2, 0.25) is 0 Å². The zero-order valence-corrected chi connectivity index (χ0v) is 14.9. The molecule has 0 fully saturated rings. The fourth-order valence-electron chi connectivity index (χ4n) is 3.49. The smallest absolute Gasteiger partial charge is 0.282 e. The maximum atomic E-state index is 12.9. The van der Waals surface area contributed by atoms with E-state index in [2.05, 4.69) is 10.1 Å². The Morgan fingerprint density at radius 2 is 2.00 bits per heavy atom. The summed E-state index contributed by atoms with van der Waals surface area (Å²) in [5.74, 6) is 1.44. The van der Waals surface area contributed by atoms with Gasteiger partial charge in [-0.25, -0.2) is 4.98 Å². The predicted octanol–water partition coefficient (Wildman–Crippen LogP) is 2.99. The number of thiophene rings is 1. The number of hydrogen-bond acceptors (Lipinski definition) is 6. The first-order valence-electron chi connectivity index (χ1n) is 8.75. The molecule has 0 N–H and O–H groups in total. The van der Waals surface area contributed by atoms with Crippen molar-refractivity contribution in [1.82, 2.24) is 9.66 Å². The maximum Gasteiger partial charge on any atom is 0.282 e. The van der Waals surface area contributed by atoms with Gasteiger partial charge in [-0.3, -0.25) is 4.79 Å². The van der Waals surface area contributed by atoms with Gasteiger partial charge in [-0.05, 0) is 55.0 Å². The first-order valence-corrected chi connectivity index (χ1v) is 9.57. The van der Waals surface area contributed by atoms with E-state index < -0.39 is 0 Å². The second kappa shape index (κ2) is 6.25. The molecule has 1 aliphatic carbocycles. The molecule has 7 heteroatoms. The van der Waals surface area contributed by atoms with Crippen molar-refractivity contribution in [2.45, 2.75) is 25.7 Å². The summed E-state index contributed by atoms with van der Waals surface area (Å²) in [5.41, 5.74) is 1.93. The number of aromatic nitrogens is 2. The Morgan fingerprint density at radius 1 is 1.15 bits per heavy atom. The molecular formula is C19H17N3O3S. The van der Waals surface area contributed by atoms with Crippen LogP contribution >= 0.6 is 11.3 Å². The lowest BCUT2D eigenvalue weighted by atomic mass is 9.97. The molecule has 0 saturated heterocycles. The number of benzene rings is 1. The van der Waals surface area contributed by atoms with Crippen LogP contribution in [0.1, 0.15) is 28.8 Å². The van der Waals surface area contributed by atoms with Crippen LogP contribution in [0.25, 0.3) is 10.2 Å². The van der Waals surface area contributed by atoms with Gasteiger partial charge in [0.05, 0.1) is 11.6 Å². The zero-order chi connectivity index (χ0) is 17.5. The summed E-state index contributed by atoms with van der Waals surface area (Å²) in [6, 6.07) is 5.61. The molecule has 5 rings (SSSR count). The van der Waals surface area contributed by atoms with Gasteiger partial charge in [-0.1, -0.05) is 0 Å². The monoisotopic (exact) mass is 367 g/mol. The van der Waals surface area contributed by atoms with E-state index in [1.165, 1.54) is 27.9 Å². The van der Waals surface area contributed by atoms with Crippen LogP contribution in [0.4, 0.5) is 0 Å². The molecule has 0 bridgehead atoms. The Balaban J connectivity index is 1.52. The van der Waals surface area contributed by atoms with E-state index in [1.807, 2.05) is 18.2 Å². The molecule has 3 aromatic rings. The summed E-state index contributed by atoms with van der Waals surface area (Å²) in [5, 5.41) is 5.07. The van der Waals surface area contributed by atoms with Crippen molar-refractivity contribution >= 4 is 27.8 Å². The SMILES string of the molecule is O=c1c2c3c(sc2ncn1/N=C\c1ccc2c(c1)OCCO2)CCCC3. The molecule has 26 heavy (non-hydrogen) atoms. The molecule has 1 aliphatic heterocycles. The first kappa shape index (κ1) is 15.6. The highest BCUT2D eigenvalue weighted by Crippen LogP contribution is 2.33. The van der Waals surface area contributed by atoms with Crippen molar-refractivity contribution in [3.63, 3.8) is 0 Å². The molecule has 6 nitrogen and oxygen atoms in total. The molecule has 0 unspecified atom stereocenters. The standard InChI is InChI=1S/C19H17N3O3S/c23-19-17-13-3-1-2-4-16(13)26-18(17)20-11-22(19)21-10-12-5-6-14-15(9-12)25-8-7-24-14/h5-6,9-11H,1-4,7-8H2/b21-10-. The second-order valence-electron chi connectivity index (χ2n) is 6.43. The number of nitrogens with zero attached hydrogens (tertiary/aromatic N) is 3. The highest BCUT2D eigenvalue weighted by molar-refractivity contribution is 7.18. The average Bonchev–Trinajstić information content (AvgIpc) is 3.06. The topological polar surface area (TPSA) is 65.7 Å². The molecule has 0 radical (unpaired) electrons.